The van der Waals surface area contributed by atoms with Crippen molar-refractivity contribution in [2.45, 2.75) is 45.6 Å². The first-order valence-corrected chi connectivity index (χ1v) is 10.3. The smallest absolute Gasteiger partial charge is 0.226 e. The number of nitrogens with zero attached hydrogens (tertiary/aromatic N) is 4. The molecule has 0 spiro atoms. The molecule has 4 rings (SSSR count). The van der Waals surface area contributed by atoms with Crippen molar-refractivity contribution in [3.05, 3.63) is 42.0 Å². The minimum absolute atomic E-state index is 0.135. The topological polar surface area (TPSA) is 58.6 Å². The number of carbonyl (C=O) groups excluding carboxylic acids is 1. The zero-order valence-corrected chi connectivity index (χ0v) is 17.0. The maximum absolute atomic E-state index is 13.3. The molecule has 1 atom stereocenters. The van der Waals surface area contributed by atoms with Crippen LogP contribution in [0, 0.1) is 18.7 Å². The van der Waals surface area contributed by atoms with Crippen LogP contribution in [-0.2, 0) is 4.79 Å². The molecule has 1 aliphatic heterocycles. The van der Waals surface area contributed by atoms with E-state index in [1.807, 2.05) is 4.90 Å². The maximum Gasteiger partial charge on any atom is 0.226 e. The number of piperazine rings is 1. The summed E-state index contributed by atoms with van der Waals surface area (Å²) in [5, 5.41) is 0. The minimum atomic E-state index is -0.294. The molecule has 7 heteroatoms. The fraction of sp³-hybridized carbons (Fsp3) is 0.500. The Morgan fingerprint density at radius 3 is 2.69 bits per heavy atom. The molecule has 6 nitrogen and oxygen atoms in total. The summed E-state index contributed by atoms with van der Waals surface area (Å²) in [6.07, 6.45) is 5.87. The summed E-state index contributed by atoms with van der Waals surface area (Å²) >= 11 is 0. The molecule has 29 heavy (non-hydrogen) atoms. The van der Waals surface area contributed by atoms with Gasteiger partial charge in [-0.25, -0.2) is 14.4 Å². The lowest BCUT2D eigenvalue weighted by molar-refractivity contribution is -0.137. The molecule has 2 fully saturated rings. The monoisotopic (exact) mass is 398 g/mol. The van der Waals surface area contributed by atoms with E-state index in [1.54, 1.807) is 19.1 Å². The van der Waals surface area contributed by atoms with E-state index in [0.29, 0.717) is 29.6 Å². The van der Waals surface area contributed by atoms with Crippen LogP contribution in [0.1, 0.15) is 38.2 Å². The Morgan fingerprint density at radius 1 is 1.17 bits per heavy atom. The van der Waals surface area contributed by atoms with Gasteiger partial charge in [-0.1, -0.05) is 12.8 Å². The van der Waals surface area contributed by atoms with Crippen molar-refractivity contribution in [1.82, 2.24) is 14.9 Å². The molecule has 0 N–H and O–H groups in total. The lowest BCUT2D eigenvalue weighted by Crippen LogP contribution is -2.55. The zero-order chi connectivity index (χ0) is 20.4. The highest BCUT2D eigenvalue weighted by atomic mass is 19.1. The third-order valence-corrected chi connectivity index (χ3v) is 5.92. The SMILES string of the molecule is Cc1cc(F)ccc1Oc1cc(N2CCN(C(=O)C3CCCC3)[C@H](C)C2)ncn1. The first-order valence-electron chi connectivity index (χ1n) is 10.3. The van der Waals surface area contributed by atoms with E-state index in [0.717, 1.165) is 31.7 Å². The fourth-order valence-corrected chi connectivity index (χ4v) is 4.30. The summed E-state index contributed by atoms with van der Waals surface area (Å²) in [6, 6.07) is 6.33. The minimum Gasteiger partial charge on any atom is -0.439 e. The van der Waals surface area contributed by atoms with Crippen LogP contribution >= 0.6 is 0 Å². The normalized spacial score (nSPS) is 20.2. The number of rotatable bonds is 4. The molecule has 0 unspecified atom stereocenters. The molecule has 1 aromatic heterocycles. The Labute approximate surface area is 170 Å². The summed E-state index contributed by atoms with van der Waals surface area (Å²) in [5.74, 6) is 1.99. The highest BCUT2D eigenvalue weighted by Gasteiger charge is 2.33. The number of aryl methyl sites for hydroxylation is 1. The van der Waals surface area contributed by atoms with E-state index in [2.05, 4.69) is 21.8 Å². The number of carbonyl (C=O) groups is 1. The van der Waals surface area contributed by atoms with Crippen LogP contribution in [0.2, 0.25) is 0 Å². The Hall–Kier alpha value is -2.70. The predicted octanol–water partition coefficient (Wildman–Crippen LogP) is 3.94. The lowest BCUT2D eigenvalue weighted by atomic mass is 10.0. The van der Waals surface area contributed by atoms with E-state index in [4.69, 9.17) is 4.74 Å². The van der Waals surface area contributed by atoms with Crippen LogP contribution in [0.3, 0.4) is 0 Å². The summed E-state index contributed by atoms with van der Waals surface area (Å²) in [6.45, 7) is 6.05. The van der Waals surface area contributed by atoms with Gasteiger partial charge in [-0.05, 0) is 50.5 Å². The van der Waals surface area contributed by atoms with Crippen molar-refractivity contribution < 1.29 is 13.9 Å². The summed E-state index contributed by atoms with van der Waals surface area (Å²) in [4.78, 5) is 25.6. The number of amides is 1. The Bertz CT molecular complexity index is 885. The molecule has 1 amide bonds. The van der Waals surface area contributed by atoms with E-state index < -0.39 is 0 Å². The molecule has 1 saturated carbocycles. The van der Waals surface area contributed by atoms with Gasteiger partial charge >= 0.3 is 0 Å². The third kappa shape index (κ3) is 4.33. The molecule has 1 aromatic carbocycles. The van der Waals surface area contributed by atoms with Gasteiger partial charge < -0.3 is 14.5 Å². The molecule has 2 aliphatic rings. The summed E-state index contributed by atoms with van der Waals surface area (Å²) in [7, 11) is 0. The van der Waals surface area contributed by atoms with Gasteiger partial charge in [0.15, 0.2) is 0 Å². The van der Waals surface area contributed by atoms with Crippen LogP contribution < -0.4 is 9.64 Å². The summed E-state index contributed by atoms with van der Waals surface area (Å²) < 4.78 is 19.1. The average molecular weight is 398 g/mol. The standard InChI is InChI=1S/C22H27FN4O2/c1-15-11-18(23)7-8-19(15)29-21-12-20(24-14-25-21)26-9-10-27(16(2)13-26)22(28)17-5-3-4-6-17/h7-8,11-12,14,16-17H,3-6,9-10,13H2,1-2H3/t16-/m1/s1. The Kier molecular flexibility index (Phi) is 5.65. The lowest BCUT2D eigenvalue weighted by Gasteiger charge is -2.41. The van der Waals surface area contributed by atoms with Crippen molar-refractivity contribution in [2.24, 2.45) is 5.92 Å². The van der Waals surface area contributed by atoms with Crippen molar-refractivity contribution >= 4 is 11.7 Å². The molecule has 1 saturated heterocycles. The largest absolute Gasteiger partial charge is 0.439 e. The molecular weight excluding hydrogens is 371 g/mol. The van der Waals surface area contributed by atoms with Crippen molar-refractivity contribution in [3.8, 4) is 11.6 Å². The molecule has 2 heterocycles. The predicted molar refractivity (Wildman–Crippen MR) is 109 cm³/mol. The third-order valence-electron chi connectivity index (χ3n) is 5.92. The first-order chi connectivity index (χ1) is 14.0. The van der Waals surface area contributed by atoms with Gasteiger partial charge in [0.2, 0.25) is 11.8 Å². The van der Waals surface area contributed by atoms with Crippen molar-refractivity contribution in [1.29, 1.82) is 0 Å². The van der Waals surface area contributed by atoms with Crippen LogP contribution in [0.5, 0.6) is 11.6 Å². The van der Waals surface area contributed by atoms with E-state index in [1.165, 1.54) is 31.3 Å². The average Bonchev–Trinajstić information content (AvgIpc) is 3.25. The molecule has 154 valence electrons. The quantitative estimate of drug-likeness (QED) is 0.781. The number of aromatic nitrogens is 2. The fourth-order valence-electron chi connectivity index (χ4n) is 4.30. The first kappa shape index (κ1) is 19.6. The molecule has 2 aromatic rings. The molecule has 0 radical (unpaired) electrons. The van der Waals surface area contributed by atoms with Crippen LogP contribution in [-0.4, -0.2) is 46.5 Å². The maximum atomic E-state index is 13.3. The number of halogens is 1. The second-order valence-corrected chi connectivity index (χ2v) is 8.03. The van der Waals surface area contributed by atoms with Crippen molar-refractivity contribution in [2.75, 3.05) is 24.5 Å². The van der Waals surface area contributed by atoms with Gasteiger partial charge in [-0.3, -0.25) is 4.79 Å². The summed E-state index contributed by atoms with van der Waals surface area (Å²) in [5.41, 5.74) is 0.706. The van der Waals surface area contributed by atoms with E-state index in [-0.39, 0.29) is 17.8 Å². The van der Waals surface area contributed by atoms with Gasteiger partial charge in [0.05, 0.1) is 0 Å². The second kappa shape index (κ2) is 8.35. The number of anilines is 1. The zero-order valence-electron chi connectivity index (χ0n) is 17.0. The number of hydrogen-bond acceptors (Lipinski definition) is 5. The van der Waals surface area contributed by atoms with Crippen LogP contribution in [0.25, 0.3) is 0 Å². The number of benzene rings is 1. The van der Waals surface area contributed by atoms with Gasteiger partial charge in [0.25, 0.3) is 0 Å². The number of ether oxygens (including phenoxy) is 1. The Morgan fingerprint density at radius 2 is 1.97 bits per heavy atom. The van der Waals surface area contributed by atoms with Gasteiger partial charge in [0, 0.05) is 37.7 Å². The molecular formula is C22H27FN4O2. The van der Waals surface area contributed by atoms with Gasteiger partial charge in [-0.15, -0.1) is 0 Å². The van der Waals surface area contributed by atoms with E-state index in [9.17, 15) is 9.18 Å². The molecule has 0 bridgehead atoms. The highest BCUT2D eigenvalue weighted by molar-refractivity contribution is 5.79. The van der Waals surface area contributed by atoms with E-state index >= 15 is 0 Å². The van der Waals surface area contributed by atoms with Crippen LogP contribution in [0.15, 0.2) is 30.6 Å². The molecule has 1 aliphatic carbocycles. The van der Waals surface area contributed by atoms with Crippen LogP contribution in [0.4, 0.5) is 10.2 Å². The Balaban J connectivity index is 1.43. The van der Waals surface area contributed by atoms with Gasteiger partial charge in [-0.2, -0.15) is 0 Å². The van der Waals surface area contributed by atoms with Crippen molar-refractivity contribution in [3.63, 3.8) is 0 Å². The highest BCUT2D eigenvalue weighted by Crippen LogP contribution is 2.29. The van der Waals surface area contributed by atoms with Gasteiger partial charge in [0.1, 0.15) is 23.7 Å². The number of hydrogen-bond donors (Lipinski definition) is 0. The second-order valence-electron chi connectivity index (χ2n) is 8.03.